The standard InChI is InChI=1S/C17H22ClN3O3/c1-20(2)12-8-19-21(15(22)14(12)18)17-6-9-3-10(7-17)5-11(4-9)13(17)16(23)24/h8-11,13H,3-7H2,1-2H3,(H,23,24). The number of aliphatic carboxylic acids is 1. The Morgan fingerprint density at radius 3 is 2.50 bits per heavy atom. The third kappa shape index (κ3) is 2.05. The Morgan fingerprint density at radius 1 is 1.33 bits per heavy atom. The minimum absolute atomic E-state index is 0.120. The van der Waals surface area contributed by atoms with E-state index in [1.54, 1.807) is 25.2 Å². The van der Waals surface area contributed by atoms with E-state index in [1.165, 1.54) is 4.68 Å². The average molecular weight is 352 g/mol. The molecule has 0 aliphatic heterocycles. The Balaban J connectivity index is 1.89. The SMILES string of the molecule is CN(C)c1cnn(C23CC4CC(CC(C4)C2C(=O)O)C3)c(=O)c1Cl. The van der Waals surface area contributed by atoms with E-state index in [0.717, 1.165) is 32.1 Å². The number of carboxylic acid groups (broad SMARTS) is 1. The topological polar surface area (TPSA) is 75.4 Å². The number of carboxylic acids is 1. The lowest BCUT2D eigenvalue weighted by Gasteiger charge is -2.59. The van der Waals surface area contributed by atoms with Crippen LogP contribution in [0.2, 0.25) is 5.02 Å². The summed E-state index contributed by atoms with van der Waals surface area (Å²) in [5.74, 6) is -0.204. The molecule has 1 aromatic heterocycles. The highest BCUT2D eigenvalue weighted by molar-refractivity contribution is 6.33. The van der Waals surface area contributed by atoms with E-state index in [9.17, 15) is 14.7 Å². The lowest BCUT2D eigenvalue weighted by atomic mass is 9.48. The van der Waals surface area contributed by atoms with Gasteiger partial charge in [0.15, 0.2) is 0 Å². The lowest BCUT2D eigenvalue weighted by molar-refractivity contribution is -0.168. The van der Waals surface area contributed by atoms with Crippen molar-refractivity contribution in [1.29, 1.82) is 0 Å². The van der Waals surface area contributed by atoms with Gasteiger partial charge in [-0.1, -0.05) is 11.6 Å². The average Bonchev–Trinajstić information content (AvgIpc) is 2.47. The summed E-state index contributed by atoms with van der Waals surface area (Å²) in [6.45, 7) is 0. The molecule has 3 unspecified atom stereocenters. The Labute approximate surface area is 145 Å². The molecule has 0 saturated heterocycles. The highest BCUT2D eigenvalue weighted by atomic mass is 35.5. The molecule has 7 heteroatoms. The number of rotatable bonds is 3. The van der Waals surface area contributed by atoms with Gasteiger partial charge < -0.3 is 10.0 Å². The number of nitrogens with zero attached hydrogens (tertiary/aromatic N) is 3. The monoisotopic (exact) mass is 351 g/mol. The fourth-order valence-electron chi connectivity index (χ4n) is 5.79. The van der Waals surface area contributed by atoms with Gasteiger partial charge in [-0.25, -0.2) is 4.68 Å². The smallest absolute Gasteiger partial charge is 0.309 e. The van der Waals surface area contributed by atoms with Gasteiger partial charge in [0, 0.05) is 14.1 Å². The minimum Gasteiger partial charge on any atom is -0.481 e. The molecule has 0 radical (unpaired) electrons. The molecule has 6 nitrogen and oxygen atoms in total. The van der Waals surface area contributed by atoms with Crippen molar-refractivity contribution in [1.82, 2.24) is 9.78 Å². The van der Waals surface area contributed by atoms with Gasteiger partial charge in [0.1, 0.15) is 5.02 Å². The maximum Gasteiger partial charge on any atom is 0.309 e. The number of aromatic nitrogens is 2. The summed E-state index contributed by atoms with van der Waals surface area (Å²) < 4.78 is 1.42. The van der Waals surface area contributed by atoms with E-state index in [-0.39, 0.29) is 16.5 Å². The van der Waals surface area contributed by atoms with Crippen LogP contribution in [0, 0.1) is 23.7 Å². The highest BCUT2D eigenvalue weighted by Gasteiger charge is 2.61. The Morgan fingerprint density at radius 2 is 1.96 bits per heavy atom. The third-order valence-electron chi connectivity index (χ3n) is 6.34. The largest absolute Gasteiger partial charge is 0.481 e. The van der Waals surface area contributed by atoms with Crippen molar-refractivity contribution in [2.75, 3.05) is 19.0 Å². The van der Waals surface area contributed by atoms with Crippen molar-refractivity contribution in [2.45, 2.75) is 37.6 Å². The van der Waals surface area contributed by atoms with Gasteiger partial charge in [-0.05, 0) is 49.9 Å². The van der Waals surface area contributed by atoms with Crippen molar-refractivity contribution in [3.8, 4) is 0 Å². The van der Waals surface area contributed by atoms with E-state index < -0.39 is 17.4 Å². The molecule has 1 N–H and O–H groups in total. The summed E-state index contributed by atoms with van der Waals surface area (Å²) in [6, 6.07) is 0. The van der Waals surface area contributed by atoms with Gasteiger partial charge in [0.05, 0.1) is 23.3 Å². The molecule has 3 atom stereocenters. The molecule has 0 amide bonds. The van der Waals surface area contributed by atoms with Crippen LogP contribution in [0.4, 0.5) is 5.69 Å². The van der Waals surface area contributed by atoms with Crippen LogP contribution in [-0.2, 0) is 10.3 Å². The molecular formula is C17H22ClN3O3. The molecule has 1 heterocycles. The number of hydrogen-bond acceptors (Lipinski definition) is 4. The van der Waals surface area contributed by atoms with Crippen LogP contribution in [0.3, 0.4) is 0 Å². The first-order chi connectivity index (χ1) is 11.3. The highest BCUT2D eigenvalue weighted by Crippen LogP contribution is 2.61. The minimum atomic E-state index is -0.805. The van der Waals surface area contributed by atoms with Crippen molar-refractivity contribution in [3.05, 3.63) is 21.6 Å². The van der Waals surface area contributed by atoms with Crippen LogP contribution >= 0.6 is 11.6 Å². The Hall–Kier alpha value is -1.56. The maximum absolute atomic E-state index is 12.9. The summed E-state index contributed by atoms with van der Waals surface area (Å²) in [5, 5.41) is 14.4. The number of carbonyl (C=O) groups is 1. The number of halogens is 1. The summed E-state index contributed by atoms with van der Waals surface area (Å²) in [5.41, 5.74) is -0.517. The van der Waals surface area contributed by atoms with E-state index in [4.69, 9.17) is 11.6 Å². The third-order valence-corrected chi connectivity index (χ3v) is 6.70. The van der Waals surface area contributed by atoms with E-state index in [0.29, 0.717) is 17.5 Å². The van der Waals surface area contributed by atoms with Crippen LogP contribution in [0.5, 0.6) is 0 Å². The number of anilines is 1. The first-order valence-electron chi connectivity index (χ1n) is 8.52. The van der Waals surface area contributed by atoms with E-state index >= 15 is 0 Å². The molecule has 130 valence electrons. The summed E-state index contributed by atoms with van der Waals surface area (Å²) in [4.78, 5) is 26.7. The van der Waals surface area contributed by atoms with Crippen molar-refractivity contribution in [3.63, 3.8) is 0 Å². The molecular weight excluding hydrogens is 330 g/mol. The molecule has 4 aliphatic rings. The zero-order chi connectivity index (χ0) is 17.2. The second-order valence-corrected chi connectivity index (χ2v) is 8.36. The molecule has 5 rings (SSSR count). The van der Waals surface area contributed by atoms with Crippen LogP contribution in [-0.4, -0.2) is 35.0 Å². The van der Waals surface area contributed by atoms with Gasteiger partial charge >= 0.3 is 5.97 Å². The predicted octanol–water partition coefficient (Wildman–Crippen LogP) is 2.20. The van der Waals surface area contributed by atoms with E-state index in [1.807, 2.05) is 0 Å². The fourth-order valence-corrected chi connectivity index (χ4v) is 6.08. The molecule has 4 fully saturated rings. The molecule has 4 bridgehead atoms. The predicted molar refractivity (Wildman–Crippen MR) is 90.5 cm³/mol. The summed E-state index contributed by atoms with van der Waals surface area (Å²) >= 11 is 6.30. The van der Waals surface area contributed by atoms with Gasteiger partial charge in [0.2, 0.25) is 0 Å². The van der Waals surface area contributed by atoms with Gasteiger partial charge in [-0.3, -0.25) is 9.59 Å². The lowest BCUT2D eigenvalue weighted by Crippen LogP contribution is -2.63. The van der Waals surface area contributed by atoms with Gasteiger partial charge in [-0.15, -0.1) is 0 Å². The van der Waals surface area contributed by atoms with Crippen LogP contribution in [0.25, 0.3) is 0 Å². The summed E-state index contributed by atoms with van der Waals surface area (Å²) in [7, 11) is 3.61. The number of hydrogen-bond donors (Lipinski definition) is 1. The zero-order valence-corrected chi connectivity index (χ0v) is 14.7. The molecule has 0 aromatic carbocycles. The quantitative estimate of drug-likeness (QED) is 0.903. The van der Waals surface area contributed by atoms with Gasteiger partial charge in [-0.2, -0.15) is 5.10 Å². The molecule has 4 saturated carbocycles. The maximum atomic E-state index is 12.9. The van der Waals surface area contributed by atoms with Crippen molar-refractivity contribution >= 4 is 23.3 Å². The van der Waals surface area contributed by atoms with Crippen LogP contribution in [0.1, 0.15) is 32.1 Å². The fraction of sp³-hybridized carbons (Fsp3) is 0.706. The second kappa shape index (κ2) is 5.22. The Bertz CT molecular complexity index is 746. The van der Waals surface area contributed by atoms with Crippen LogP contribution < -0.4 is 10.5 Å². The van der Waals surface area contributed by atoms with Gasteiger partial charge in [0.25, 0.3) is 5.56 Å². The normalized spacial score (nSPS) is 36.8. The first-order valence-corrected chi connectivity index (χ1v) is 8.89. The van der Waals surface area contributed by atoms with Crippen molar-refractivity contribution in [2.24, 2.45) is 23.7 Å². The zero-order valence-electron chi connectivity index (χ0n) is 13.9. The van der Waals surface area contributed by atoms with E-state index in [2.05, 4.69) is 5.10 Å². The first kappa shape index (κ1) is 15.9. The molecule has 1 aromatic rings. The van der Waals surface area contributed by atoms with Crippen molar-refractivity contribution < 1.29 is 9.90 Å². The molecule has 24 heavy (non-hydrogen) atoms. The molecule has 4 aliphatic carbocycles. The Kier molecular flexibility index (Phi) is 3.46. The van der Waals surface area contributed by atoms with Crippen LogP contribution in [0.15, 0.2) is 11.0 Å². The second-order valence-electron chi connectivity index (χ2n) is 7.98. The molecule has 0 spiro atoms. The summed E-state index contributed by atoms with van der Waals surface area (Å²) in [6.07, 6.45) is 6.12.